The average Bonchev–Trinajstić information content (AvgIpc) is 2.31. The van der Waals surface area contributed by atoms with Crippen molar-refractivity contribution < 1.29 is 19.1 Å². The van der Waals surface area contributed by atoms with Crippen molar-refractivity contribution >= 4 is 11.9 Å². The Labute approximate surface area is 104 Å². The lowest BCUT2D eigenvalue weighted by Gasteiger charge is -2.12. The first-order valence-electron chi connectivity index (χ1n) is 6.41. The molecule has 17 heavy (non-hydrogen) atoms. The number of carbonyl (C=O) groups is 2. The molecular weight excluding hydrogens is 220 g/mol. The van der Waals surface area contributed by atoms with E-state index in [9.17, 15) is 9.59 Å². The topological polar surface area (TPSA) is 52.6 Å². The fraction of sp³-hybridized carbons (Fsp3) is 0.846. The summed E-state index contributed by atoms with van der Waals surface area (Å²) >= 11 is 0. The molecule has 0 aliphatic heterocycles. The molecule has 0 aliphatic carbocycles. The summed E-state index contributed by atoms with van der Waals surface area (Å²) in [5, 5.41) is 0. The first-order valence-corrected chi connectivity index (χ1v) is 6.41. The summed E-state index contributed by atoms with van der Waals surface area (Å²) < 4.78 is 10.1. The van der Waals surface area contributed by atoms with Gasteiger partial charge in [-0.25, -0.2) is 0 Å². The highest BCUT2D eigenvalue weighted by molar-refractivity contribution is 5.69. The number of hydrogen-bond acceptors (Lipinski definition) is 4. The van der Waals surface area contributed by atoms with Crippen LogP contribution < -0.4 is 0 Å². The second kappa shape index (κ2) is 10.1. The number of unbranched alkanes of at least 4 members (excludes halogenated alkanes) is 1. The predicted molar refractivity (Wildman–Crippen MR) is 65.5 cm³/mol. The minimum atomic E-state index is -0.184. The Bertz CT molecular complexity index is 225. The molecule has 1 unspecified atom stereocenters. The van der Waals surface area contributed by atoms with E-state index >= 15 is 0 Å². The summed E-state index contributed by atoms with van der Waals surface area (Å²) in [6, 6.07) is 0. The van der Waals surface area contributed by atoms with Gasteiger partial charge >= 0.3 is 11.9 Å². The van der Waals surface area contributed by atoms with Crippen molar-refractivity contribution in [1.82, 2.24) is 0 Å². The van der Waals surface area contributed by atoms with E-state index in [1.807, 2.05) is 20.8 Å². The Morgan fingerprint density at radius 1 is 0.941 bits per heavy atom. The molecule has 0 aromatic carbocycles. The molecule has 0 spiro atoms. The van der Waals surface area contributed by atoms with Crippen molar-refractivity contribution in [2.75, 3.05) is 13.2 Å². The van der Waals surface area contributed by atoms with E-state index in [4.69, 9.17) is 9.47 Å². The molecule has 0 amide bonds. The van der Waals surface area contributed by atoms with Crippen LogP contribution in [0.2, 0.25) is 0 Å². The van der Waals surface area contributed by atoms with E-state index in [1.165, 1.54) is 0 Å². The van der Waals surface area contributed by atoms with E-state index in [-0.39, 0.29) is 17.9 Å². The van der Waals surface area contributed by atoms with Gasteiger partial charge in [0.1, 0.15) is 0 Å². The molecule has 0 bridgehead atoms. The Morgan fingerprint density at radius 3 is 1.94 bits per heavy atom. The van der Waals surface area contributed by atoms with Gasteiger partial charge in [-0.15, -0.1) is 0 Å². The minimum absolute atomic E-state index is 0.0568. The second-order valence-corrected chi connectivity index (χ2v) is 4.32. The molecule has 4 heteroatoms. The number of esters is 2. The van der Waals surface area contributed by atoms with Crippen LogP contribution in [0.15, 0.2) is 0 Å². The molecule has 100 valence electrons. The summed E-state index contributed by atoms with van der Waals surface area (Å²) in [4.78, 5) is 22.3. The van der Waals surface area contributed by atoms with E-state index in [2.05, 4.69) is 0 Å². The third kappa shape index (κ3) is 9.85. The maximum atomic E-state index is 11.2. The van der Waals surface area contributed by atoms with Crippen molar-refractivity contribution in [3.63, 3.8) is 0 Å². The molecule has 0 heterocycles. The highest BCUT2D eigenvalue weighted by Gasteiger charge is 2.09. The standard InChI is InChI=1S/C13H24O4/c1-4-6-8-13(15)17-10-11(3)9-16-12(14)7-5-2/h11H,4-10H2,1-3H3. The van der Waals surface area contributed by atoms with Gasteiger partial charge in [-0.05, 0) is 12.8 Å². The van der Waals surface area contributed by atoms with Crippen LogP contribution >= 0.6 is 0 Å². The normalized spacial score (nSPS) is 11.9. The third-order valence-electron chi connectivity index (χ3n) is 2.25. The van der Waals surface area contributed by atoms with E-state index in [1.54, 1.807) is 0 Å². The summed E-state index contributed by atoms with van der Waals surface area (Å²) in [5.74, 6) is -0.295. The first kappa shape index (κ1) is 15.9. The molecule has 0 N–H and O–H groups in total. The van der Waals surface area contributed by atoms with Crippen LogP contribution in [0.25, 0.3) is 0 Å². The molecule has 0 rings (SSSR count). The minimum Gasteiger partial charge on any atom is -0.465 e. The van der Waals surface area contributed by atoms with Crippen LogP contribution in [0.1, 0.15) is 52.9 Å². The molecule has 0 saturated heterocycles. The van der Waals surface area contributed by atoms with Crippen LogP contribution in [-0.4, -0.2) is 25.2 Å². The van der Waals surface area contributed by atoms with Gasteiger partial charge in [0, 0.05) is 18.8 Å². The first-order chi connectivity index (χ1) is 8.10. The summed E-state index contributed by atoms with van der Waals surface area (Å²) in [5.41, 5.74) is 0. The molecule has 0 aromatic heterocycles. The summed E-state index contributed by atoms with van der Waals surface area (Å²) in [7, 11) is 0. The monoisotopic (exact) mass is 244 g/mol. The number of hydrogen-bond donors (Lipinski definition) is 0. The summed E-state index contributed by atoms with van der Waals surface area (Å²) in [6.45, 7) is 6.50. The quantitative estimate of drug-likeness (QED) is 0.585. The molecule has 0 aliphatic rings. The van der Waals surface area contributed by atoms with Gasteiger partial charge in [0.2, 0.25) is 0 Å². The van der Waals surface area contributed by atoms with Crippen LogP contribution in [0.4, 0.5) is 0 Å². The lowest BCUT2D eigenvalue weighted by Crippen LogP contribution is -2.18. The van der Waals surface area contributed by atoms with Gasteiger partial charge in [0.05, 0.1) is 13.2 Å². The van der Waals surface area contributed by atoms with E-state index in [0.717, 1.165) is 19.3 Å². The van der Waals surface area contributed by atoms with Gasteiger partial charge < -0.3 is 9.47 Å². The molecule has 4 nitrogen and oxygen atoms in total. The Hall–Kier alpha value is -1.06. The number of ether oxygens (including phenoxy) is 2. The lowest BCUT2D eigenvalue weighted by atomic mass is 10.2. The maximum Gasteiger partial charge on any atom is 0.305 e. The SMILES string of the molecule is CCCCC(=O)OCC(C)COC(=O)CCC. The summed E-state index contributed by atoms with van der Waals surface area (Å²) in [6.07, 6.45) is 3.55. The molecule has 0 radical (unpaired) electrons. The average molecular weight is 244 g/mol. The highest BCUT2D eigenvalue weighted by atomic mass is 16.5. The van der Waals surface area contributed by atoms with Gasteiger partial charge in [-0.3, -0.25) is 9.59 Å². The molecule has 0 saturated carbocycles. The smallest absolute Gasteiger partial charge is 0.305 e. The zero-order chi connectivity index (χ0) is 13.1. The number of carbonyl (C=O) groups excluding carboxylic acids is 2. The zero-order valence-electron chi connectivity index (χ0n) is 11.2. The fourth-order valence-electron chi connectivity index (χ4n) is 1.19. The molecule has 1 atom stereocenters. The second-order valence-electron chi connectivity index (χ2n) is 4.32. The van der Waals surface area contributed by atoms with Gasteiger partial charge in [0.25, 0.3) is 0 Å². The van der Waals surface area contributed by atoms with Crippen molar-refractivity contribution in [3.8, 4) is 0 Å². The van der Waals surface area contributed by atoms with Crippen LogP contribution in [0.3, 0.4) is 0 Å². The van der Waals surface area contributed by atoms with Crippen LogP contribution in [-0.2, 0) is 19.1 Å². The van der Waals surface area contributed by atoms with E-state index in [0.29, 0.717) is 26.1 Å². The number of rotatable bonds is 9. The molecular formula is C13H24O4. The van der Waals surface area contributed by atoms with Crippen molar-refractivity contribution in [1.29, 1.82) is 0 Å². The van der Waals surface area contributed by atoms with Gasteiger partial charge in [0.15, 0.2) is 0 Å². The van der Waals surface area contributed by atoms with Gasteiger partial charge in [-0.2, -0.15) is 0 Å². The fourth-order valence-corrected chi connectivity index (χ4v) is 1.19. The predicted octanol–water partition coefficient (Wildman–Crippen LogP) is 2.70. The molecule has 0 fully saturated rings. The third-order valence-corrected chi connectivity index (χ3v) is 2.25. The zero-order valence-corrected chi connectivity index (χ0v) is 11.2. The highest BCUT2D eigenvalue weighted by Crippen LogP contribution is 2.02. The Kier molecular flexibility index (Phi) is 9.49. The van der Waals surface area contributed by atoms with Crippen molar-refractivity contribution in [3.05, 3.63) is 0 Å². The Balaban J connectivity index is 3.55. The Morgan fingerprint density at radius 2 is 1.47 bits per heavy atom. The van der Waals surface area contributed by atoms with Crippen LogP contribution in [0.5, 0.6) is 0 Å². The van der Waals surface area contributed by atoms with Crippen LogP contribution in [0, 0.1) is 5.92 Å². The van der Waals surface area contributed by atoms with Gasteiger partial charge in [-0.1, -0.05) is 27.2 Å². The largest absolute Gasteiger partial charge is 0.465 e. The lowest BCUT2D eigenvalue weighted by molar-refractivity contribution is -0.148. The molecule has 0 aromatic rings. The van der Waals surface area contributed by atoms with E-state index < -0.39 is 0 Å². The van der Waals surface area contributed by atoms with Crippen molar-refractivity contribution in [2.24, 2.45) is 5.92 Å². The van der Waals surface area contributed by atoms with Crippen molar-refractivity contribution in [2.45, 2.75) is 52.9 Å². The maximum absolute atomic E-state index is 11.2.